The second-order valence-electron chi connectivity index (χ2n) is 5.94. The van der Waals surface area contributed by atoms with E-state index in [1.165, 1.54) is 7.11 Å². The minimum Gasteiger partial charge on any atom is -0.489 e. The highest BCUT2D eigenvalue weighted by Crippen LogP contribution is 2.37. The summed E-state index contributed by atoms with van der Waals surface area (Å²) in [5, 5.41) is 0. The van der Waals surface area contributed by atoms with Crippen LogP contribution in [0.25, 0.3) is 0 Å². The third-order valence-corrected chi connectivity index (χ3v) is 4.47. The molecule has 114 valence electrons. The van der Waals surface area contributed by atoms with Crippen molar-refractivity contribution in [1.82, 2.24) is 0 Å². The highest BCUT2D eigenvalue weighted by atomic mass is 16.5. The summed E-state index contributed by atoms with van der Waals surface area (Å²) in [7, 11) is 1.41. The number of hydrogen-bond donors (Lipinski definition) is 0. The van der Waals surface area contributed by atoms with Crippen LogP contribution in [-0.2, 0) is 15.9 Å². The first-order valence-electron chi connectivity index (χ1n) is 7.65. The maximum Gasteiger partial charge on any atom is 0.341 e. The number of esters is 1. The molecular weight excluding hydrogens is 268 g/mol. The van der Waals surface area contributed by atoms with Gasteiger partial charge in [0.25, 0.3) is 0 Å². The van der Waals surface area contributed by atoms with Crippen molar-refractivity contribution in [2.45, 2.75) is 38.7 Å². The first kappa shape index (κ1) is 14.4. The molecule has 2 aliphatic rings. The lowest BCUT2D eigenvalue weighted by Crippen LogP contribution is -2.35. The zero-order valence-electron chi connectivity index (χ0n) is 12.7. The average Bonchev–Trinajstić information content (AvgIpc) is 2.53. The van der Waals surface area contributed by atoms with Gasteiger partial charge in [0, 0.05) is 19.1 Å². The van der Waals surface area contributed by atoms with Crippen molar-refractivity contribution in [3.05, 3.63) is 28.8 Å². The van der Waals surface area contributed by atoms with Crippen LogP contribution in [0.4, 0.5) is 0 Å². The summed E-state index contributed by atoms with van der Waals surface area (Å²) in [6.45, 7) is 3.63. The van der Waals surface area contributed by atoms with Crippen LogP contribution in [0.5, 0.6) is 5.75 Å². The molecule has 3 rings (SSSR count). The number of carbonyl (C=O) groups excluding carboxylic acids is 1. The molecule has 0 saturated carbocycles. The molecule has 1 aromatic carbocycles. The fourth-order valence-corrected chi connectivity index (χ4v) is 3.36. The minimum absolute atomic E-state index is 0.188. The normalized spacial score (nSPS) is 22.3. The van der Waals surface area contributed by atoms with Crippen LogP contribution in [0.15, 0.2) is 12.1 Å². The molecule has 1 aromatic rings. The number of hydrogen-bond acceptors (Lipinski definition) is 4. The summed E-state index contributed by atoms with van der Waals surface area (Å²) < 4.78 is 16.5. The average molecular weight is 290 g/mol. The molecule has 1 saturated heterocycles. The van der Waals surface area contributed by atoms with Crippen molar-refractivity contribution in [3.63, 3.8) is 0 Å². The lowest BCUT2D eigenvalue weighted by molar-refractivity contribution is 0.0101. The molecule has 2 heterocycles. The van der Waals surface area contributed by atoms with Crippen LogP contribution in [0.2, 0.25) is 0 Å². The van der Waals surface area contributed by atoms with Crippen LogP contribution in [-0.4, -0.2) is 32.4 Å². The number of fused-ring (bicyclic) bond motifs is 1. The van der Waals surface area contributed by atoms with Gasteiger partial charge in [0.2, 0.25) is 0 Å². The van der Waals surface area contributed by atoms with Gasteiger partial charge < -0.3 is 14.2 Å². The van der Waals surface area contributed by atoms with Crippen LogP contribution >= 0.6 is 0 Å². The zero-order chi connectivity index (χ0) is 14.8. The van der Waals surface area contributed by atoms with Gasteiger partial charge in [-0.15, -0.1) is 0 Å². The highest BCUT2D eigenvalue weighted by molar-refractivity contribution is 5.93. The van der Waals surface area contributed by atoms with Gasteiger partial charge in [-0.2, -0.15) is 0 Å². The van der Waals surface area contributed by atoms with Crippen molar-refractivity contribution < 1.29 is 19.0 Å². The van der Waals surface area contributed by atoms with E-state index in [1.807, 2.05) is 13.0 Å². The van der Waals surface area contributed by atoms with Crippen molar-refractivity contribution in [3.8, 4) is 5.75 Å². The predicted octanol–water partition coefficient (Wildman–Crippen LogP) is 2.90. The summed E-state index contributed by atoms with van der Waals surface area (Å²) in [4.78, 5) is 12.0. The van der Waals surface area contributed by atoms with E-state index in [4.69, 9.17) is 14.2 Å². The Morgan fingerprint density at radius 3 is 2.71 bits per heavy atom. The number of aryl methyl sites for hydroxylation is 2. The fourth-order valence-electron chi connectivity index (χ4n) is 3.36. The molecule has 0 aromatic heterocycles. The van der Waals surface area contributed by atoms with Gasteiger partial charge in [-0.05, 0) is 49.8 Å². The molecule has 4 nitrogen and oxygen atoms in total. The molecular formula is C17H22O4. The Labute approximate surface area is 125 Å². The second-order valence-corrected chi connectivity index (χ2v) is 5.94. The van der Waals surface area contributed by atoms with Gasteiger partial charge in [0.15, 0.2) is 0 Å². The summed E-state index contributed by atoms with van der Waals surface area (Å²) in [6, 6.07) is 3.97. The lowest BCUT2D eigenvalue weighted by Gasteiger charge is -2.35. The Balaban J connectivity index is 1.88. The number of rotatable bonds is 2. The molecule has 1 atom stereocenters. The third-order valence-electron chi connectivity index (χ3n) is 4.47. The Hall–Kier alpha value is -1.55. The molecule has 0 bridgehead atoms. The smallest absolute Gasteiger partial charge is 0.341 e. The Kier molecular flexibility index (Phi) is 4.15. The fraction of sp³-hybridized carbons (Fsp3) is 0.588. The summed E-state index contributed by atoms with van der Waals surface area (Å²) in [5.41, 5.74) is 2.75. The predicted molar refractivity (Wildman–Crippen MR) is 78.8 cm³/mol. The SMILES string of the molecule is COC(=O)c1cc(C)cc2c1OC(C1CCOCC1)CC2. The van der Waals surface area contributed by atoms with E-state index in [-0.39, 0.29) is 12.1 Å². The first-order valence-corrected chi connectivity index (χ1v) is 7.65. The van der Waals surface area contributed by atoms with Crippen molar-refractivity contribution >= 4 is 5.97 Å². The number of carbonyl (C=O) groups is 1. The maximum atomic E-state index is 12.0. The van der Waals surface area contributed by atoms with E-state index in [1.54, 1.807) is 0 Å². The number of benzene rings is 1. The lowest BCUT2D eigenvalue weighted by atomic mass is 9.87. The van der Waals surface area contributed by atoms with Crippen molar-refractivity contribution in [2.24, 2.45) is 5.92 Å². The quantitative estimate of drug-likeness (QED) is 0.786. The Morgan fingerprint density at radius 1 is 1.24 bits per heavy atom. The first-order chi connectivity index (χ1) is 10.2. The number of methoxy groups -OCH3 is 1. The molecule has 1 unspecified atom stereocenters. The Bertz CT molecular complexity index is 532. The molecule has 0 amide bonds. The van der Waals surface area contributed by atoms with E-state index >= 15 is 0 Å². The summed E-state index contributed by atoms with van der Waals surface area (Å²) in [6.07, 6.45) is 4.25. The minimum atomic E-state index is -0.317. The molecule has 0 N–H and O–H groups in total. The number of ether oxygens (including phenoxy) is 3. The van der Waals surface area contributed by atoms with E-state index in [2.05, 4.69) is 6.07 Å². The largest absolute Gasteiger partial charge is 0.489 e. The zero-order valence-corrected chi connectivity index (χ0v) is 12.7. The molecule has 0 spiro atoms. The van der Waals surface area contributed by atoms with E-state index in [0.717, 1.165) is 55.8 Å². The molecule has 21 heavy (non-hydrogen) atoms. The van der Waals surface area contributed by atoms with Gasteiger partial charge in [-0.1, -0.05) is 6.07 Å². The summed E-state index contributed by atoms with van der Waals surface area (Å²) >= 11 is 0. The second kappa shape index (κ2) is 6.06. The monoisotopic (exact) mass is 290 g/mol. The third kappa shape index (κ3) is 2.91. The van der Waals surface area contributed by atoms with Crippen molar-refractivity contribution in [2.75, 3.05) is 20.3 Å². The molecule has 2 aliphatic heterocycles. The highest BCUT2D eigenvalue weighted by Gasteiger charge is 2.31. The van der Waals surface area contributed by atoms with E-state index < -0.39 is 0 Å². The maximum absolute atomic E-state index is 12.0. The Morgan fingerprint density at radius 2 is 2.00 bits per heavy atom. The standard InChI is InChI=1S/C17H22O4/c1-11-9-13-3-4-15(12-5-7-20-8-6-12)21-16(13)14(10-11)17(18)19-2/h9-10,12,15H,3-8H2,1-2H3. The van der Waals surface area contributed by atoms with E-state index in [9.17, 15) is 4.79 Å². The molecule has 4 heteroatoms. The molecule has 1 fully saturated rings. The van der Waals surface area contributed by atoms with Gasteiger partial charge in [-0.25, -0.2) is 4.79 Å². The van der Waals surface area contributed by atoms with Gasteiger partial charge in [-0.3, -0.25) is 0 Å². The van der Waals surface area contributed by atoms with Crippen molar-refractivity contribution in [1.29, 1.82) is 0 Å². The van der Waals surface area contributed by atoms with Crippen LogP contribution in [0.1, 0.15) is 40.7 Å². The van der Waals surface area contributed by atoms with Crippen LogP contribution < -0.4 is 4.74 Å². The topological polar surface area (TPSA) is 44.8 Å². The summed E-state index contributed by atoms with van der Waals surface area (Å²) in [5.74, 6) is 0.941. The molecule has 0 radical (unpaired) electrons. The van der Waals surface area contributed by atoms with Gasteiger partial charge in [0.1, 0.15) is 17.4 Å². The van der Waals surface area contributed by atoms with Gasteiger partial charge >= 0.3 is 5.97 Å². The van der Waals surface area contributed by atoms with Crippen LogP contribution in [0, 0.1) is 12.8 Å². The van der Waals surface area contributed by atoms with E-state index in [0.29, 0.717) is 11.5 Å². The van der Waals surface area contributed by atoms with Gasteiger partial charge in [0.05, 0.1) is 7.11 Å². The molecule has 0 aliphatic carbocycles. The van der Waals surface area contributed by atoms with Crippen LogP contribution in [0.3, 0.4) is 0 Å².